The van der Waals surface area contributed by atoms with Gasteiger partial charge in [-0.05, 0) is 115 Å². The van der Waals surface area contributed by atoms with E-state index >= 15 is 0 Å². The Balaban J connectivity index is 1.56. The van der Waals surface area contributed by atoms with Crippen molar-refractivity contribution >= 4 is 45.2 Å². The zero-order chi connectivity index (χ0) is 24.0. The number of hydrogen-bond acceptors (Lipinski definition) is 2. The zero-order valence-corrected chi connectivity index (χ0v) is 24.0. The molecule has 2 aliphatic rings. The molecule has 0 atom stereocenters. The molecular weight excluding hydrogens is 656 g/mol. The van der Waals surface area contributed by atoms with E-state index in [2.05, 4.69) is 142 Å². The van der Waals surface area contributed by atoms with Crippen LogP contribution in [0.3, 0.4) is 0 Å². The molecule has 176 valence electrons. The Morgan fingerprint density at radius 3 is 1.77 bits per heavy atom. The van der Waals surface area contributed by atoms with Gasteiger partial charge < -0.3 is 4.74 Å². The lowest BCUT2D eigenvalue weighted by atomic mass is 9.67. The smallest absolute Gasteiger partial charge is 0.0714 e. The van der Waals surface area contributed by atoms with Gasteiger partial charge in [0.1, 0.15) is 0 Å². The summed E-state index contributed by atoms with van der Waals surface area (Å²) in [7, 11) is 0. The number of hydrogen-bond donors (Lipinski definition) is 0. The van der Waals surface area contributed by atoms with Gasteiger partial charge in [0.25, 0.3) is 0 Å². The Hall–Kier alpha value is -1.74. The first-order chi connectivity index (χ1) is 17.1. The van der Waals surface area contributed by atoms with Crippen molar-refractivity contribution in [3.05, 3.63) is 125 Å². The standard InChI is InChI=1S/C31H27I2NO/c1-21-2-6-23(7-3-21)31(24-8-4-22(5-9-24)20-34-14-16-35-17-15-34)29-18-25(32)10-12-27(29)28-13-11-26(33)19-30(28)31/h2-13,18-19H,14-17,20H2,1H3. The van der Waals surface area contributed by atoms with Crippen LogP contribution in [-0.2, 0) is 16.7 Å². The molecule has 35 heavy (non-hydrogen) atoms. The molecule has 0 unspecified atom stereocenters. The molecule has 4 aromatic rings. The number of benzene rings is 4. The number of aryl methyl sites for hydroxylation is 1. The molecule has 2 nitrogen and oxygen atoms in total. The Morgan fingerprint density at radius 2 is 1.23 bits per heavy atom. The predicted molar refractivity (Wildman–Crippen MR) is 160 cm³/mol. The molecule has 4 heteroatoms. The third kappa shape index (κ3) is 4.16. The quantitative estimate of drug-likeness (QED) is 0.183. The molecule has 1 aliphatic heterocycles. The van der Waals surface area contributed by atoms with E-state index in [1.807, 2.05) is 0 Å². The normalized spacial score (nSPS) is 16.7. The minimum absolute atomic E-state index is 0.335. The monoisotopic (exact) mass is 683 g/mol. The lowest BCUT2D eigenvalue weighted by Gasteiger charge is -2.34. The van der Waals surface area contributed by atoms with Crippen molar-refractivity contribution in [3.8, 4) is 11.1 Å². The highest BCUT2D eigenvalue weighted by Crippen LogP contribution is 2.56. The molecule has 1 aliphatic carbocycles. The fourth-order valence-electron chi connectivity index (χ4n) is 5.74. The van der Waals surface area contributed by atoms with Crippen LogP contribution in [0.4, 0.5) is 0 Å². The van der Waals surface area contributed by atoms with Gasteiger partial charge in [0, 0.05) is 26.8 Å². The Kier molecular flexibility index (Phi) is 6.50. The van der Waals surface area contributed by atoms with E-state index in [1.165, 1.54) is 51.6 Å². The molecule has 0 radical (unpaired) electrons. The van der Waals surface area contributed by atoms with Gasteiger partial charge in [-0.25, -0.2) is 0 Å². The van der Waals surface area contributed by atoms with Gasteiger partial charge in [-0.15, -0.1) is 0 Å². The highest BCUT2D eigenvalue weighted by atomic mass is 127. The van der Waals surface area contributed by atoms with Gasteiger partial charge in [-0.2, -0.15) is 0 Å². The molecule has 0 N–H and O–H groups in total. The van der Waals surface area contributed by atoms with Gasteiger partial charge in [0.15, 0.2) is 0 Å². The maximum Gasteiger partial charge on any atom is 0.0714 e. The van der Waals surface area contributed by atoms with Gasteiger partial charge in [0.05, 0.1) is 18.6 Å². The molecule has 0 bridgehead atoms. The molecular formula is C31H27I2NO. The van der Waals surface area contributed by atoms with Gasteiger partial charge >= 0.3 is 0 Å². The minimum Gasteiger partial charge on any atom is -0.379 e. The fourth-order valence-corrected chi connectivity index (χ4v) is 6.72. The molecule has 0 amide bonds. The molecule has 1 fully saturated rings. The van der Waals surface area contributed by atoms with Crippen LogP contribution in [0.25, 0.3) is 11.1 Å². The van der Waals surface area contributed by atoms with Crippen LogP contribution < -0.4 is 0 Å². The van der Waals surface area contributed by atoms with Crippen molar-refractivity contribution in [2.75, 3.05) is 26.3 Å². The van der Waals surface area contributed by atoms with E-state index < -0.39 is 0 Å². The van der Waals surface area contributed by atoms with E-state index in [1.54, 1.807) is 0 Å². The summed E-state index contributed by atoms with van der Waals surface area (Å²) in [5.74, 6) is 0. The summed E-state index contributed by atoms with van der Waals surface area (Å²) in [5.41, 5.74) is 10.4. The van der Waals surface area contributed by atoms with E-state index in [0.29, 0.717) is 0 Å². The summed E-state index contributed by atoms with van der Waals surface area (Å²) in [6.45, 7) is 6.82. The van der Waals surface area contributed by atoms with Crippen molar-refractivity contribution in [2.45, 2.75) is 18.9 Å². The third-order valence-corrected chi connectivity index (χ3v) is 8.78. The summed E-state index contributed by atoms with van der Waals surface area (Å²) < 4.78 is 8.07. The van der Waals surface area contributed by atoms with E-state index in [-0.39, 0.29) is 5.41 Å². The number of morpholine rings is 1. The first-order valence-corrected chi connectivity index (χ1v) is 14.3. The van der Waals surface area contributed by atoms with Crippen molar-refractivity contribution < 1.29 is 4.74 Å². The second-order valence-corrected chi connectivity index (χ2v) is 12.1. The highest BCUT2D eigenvalue weighted by molar-refractivity contribution is 14.1. The summed E-state index contributed by atoms with van der Waals surface area (Å²) in [6, 6.07) is 32.4. The van der Waals surface area contributed by atoms with E-state index in [0.717, 1.165) is 32.8 Å². The average molecular weight is 683 g/mol. The molecule has 4 aromatic carbocycles. The lowest BCUT2D eigenvalue weighted by molar-refractivity contribution is 0.0342. The minimum atomic E-state index is -0.335. The van der Waals surface area contributed by atoms with Crippen molar-refractivity contribution in [3.63, 3.8) is 0 Å². The van der Waals surface area contributed by atoms with Crippen molar-refractivity contribution in [1.82, 2.24) is 4.90 Å². The zero-order valence-electron chi connectivity index (χ0n) is 19.7. The van der Waals surface area contributed by atoms with Crippen molar-refractivity contribution in [1.29, 1.82) is 0 Å². The largest absolute Gasteiger partial charge is 0.379 e. The third-order valence-electron chi connectivity index (χ3n) is 7.44. The maximum absolute atomic E-state index is 5.54. The molecule has 0 saturated carbocycles. The maximum atomic E-state index is 5.54. The van der Waals surface area contributed by atoms with Crippen LogP contribution in [0.15, 0.2) is 84.9 Å². The number of ether oxygens (including phenoxy) is 1. The molecule has 0 spiro atoms. The van der Waals surface area contributed by atoms with Crippen LogP contribution in [0.5, 0.6) is 0 Å². The van der Waals surface area contributed by atoms with Gasteiger partial charge in [0.2, 0.25) is 0 Å². The SMILES string of the molecule is Cc1ccc(C2(c3ccc(CN4CCOCC4)cc3)c3cc(I)ccc3-c3ccc(I)cc32)cc1. The number of fused-ring (bicyclic) bond motifs is 3. The van der Waals surface area contributed by atoms with E-state index in [4.69, 9.17) is 4.74 Å². The highest BCUT2D eigenvalue weighted by Gasteiger charge is 2.46. The predicted octanol–water partition coefficient (Wildman–Crippen LogP) is 7.40. The molecule has 1 heterocycles. The second-order valence-electron chi connectivity index (χ2n) is 9.58. The second kappa shape index (κ2) is 9.61. The van der Waals surface area contributed by atoms with Crippen LogP contribution in [-0.4, -0.2) is 31.2 Å². The van der Waals surface area contributed by atoms with E-state index in [9.17, 15) is 0 Å². The van der Waals surface area contributed by atoms with Crippen molar-refractivity contribution in [2.24, 2.45) is 0 Å². The van der Waals surface area contributed by atoms with Crippen LogP contribution in [0, 0.1) is 14.1 Å². The Morgan fingerprint density at radius 1 is 0.714 bits per heavy atom. The fraction of sp³-hybridized carbons (Fsp3) is 0.226. The number of halogens is 2. The van der Waals surface area contributed by atoms with Gasteiger partial charge in [-0.3, -0.25) is 4.90 Å². The van der Waals surface area contributed by atoms with Crippen LogP contribution >= 0.6 is 45.2 Å². The number of rotatable bonds is 4. The first kappa shape index (κ1) is 23.6. The summed E-state index contributed by atoms with van der Waals surface area (Å²) >= 11 is 4.92. The summed E-state index contributed by atoms with van der Waals surface area (Å²) in [4.78, 5) is 2.49. The topological polar surface area (TPSA) is 12.5 Å². The van der Waals surface area contributed by atoms with Crippen LogP contribution in [0.1, 0.15) is 33.4 Å². The Bertz CT molecular complexity index is 1320. The van der Waals surface area contributed by atoms with Crippen LogP contribution in [0.2, 0.25) is 0 Å². The summed E-state index contributed by atoms with van der Waals surface area (Å²) in [6.07, 6.45) is 0. The number of nitrogens with zero attached hydrogens (tertiary/aromatic N) is 1. The summed E-state index contributed by atoms with van der Waals surface area (Å²) in [5, 5.41) is 0. The molecule has 1 saturated heterocycles. The van der Waals surface area contributed by atoms with Gasteiger partial charge in [-0.1, -0.05) is 66.2 Å². The molecule has 6 rings (SSSR count). The average Bonchev–Trinajstić information content (AvgIpc) is 3.15. The molecule has 0 aromatic heterocycles. The Labute approximate surface area is 235 Å². The lowest BCUT2D eigenvalue weighted by Crippen LogP contribution is -2.35. The first-order valence-electron chi connectivity index (χ1n) is 12.1.